The van der Waals surface area contributed by atoms with Gasteiger partial charge >= 0.3 is 0 Å². The Morgan fingerprint density at radius 3 is 1.05 bits per heavy atom. The highest BCUT2D eigenvalue weighted by Crippen LogP contribution is 2.38. The van der Waals surface area contributed by atoms with Crippen LogP contribution in [0.25, 0.3) is 10.8 Å². The lowest BCUT2D eigenvalue weighted by atomic mass is 9.86. The first-order valence-electron chi connectivity index (χ1n) is 20.5. The van der Waals surface area contributed by atoms with Crippen molar-refractivity contribution in [3.05, 3.63) is 46.5 Å². The van der Waals surface area contributed by atoms with Gasteiger partial charge in [0, 0.05) is 123 Å². The molecule has 16 nitrogen and oxygen atoms in total. The summed E-state index contributed by atoms with van der Waals surface area (Å²) in [5.41, 5.74) is 12.7. The zero-order valence-electron chi connectivity index (χ0n) is 33.2. The molecule has 0 saturated carbocycles. The summed E-state index contributed by atoms with van der Waals surface area (Å²) in [5.74, 6) is -1.36. The molecule has 316 valence electrons. The minimum absolute atomic E-state index is 0.180. The second-order valence-corrected chi connectivity index (χ2v) is 16.3. The Morgan fingerprint density at radius 2 is 0.776 bits per heavy atom. The van der Waals surface area contributed by atoms with E-state index in [0.717, 1.165) is 91.4 Å². The van der Waals surface area contributed by atoms with Crippen LogP contribution in [0.15, 0.2) is 24.3 Å². The Kier molecular flexibility index (Phi) is 15.6. The second-order valence-electron chi connectivity index (χ2n) is 15.5. The van der Waals surface area contributed by atoms with Crippen molar-refractivity contribution in [2.24, 2.45) is 11.5 Å². The van der Waals surface area contributed by atoms with Gasteiger partial charge in [-0.05, 0) is 76.1 Å². The van der Waals surface area contributed by atoms with Gasteiger partial charge in [0.25, 0.3) is 23.6 Å². The molecular formula is C40H58N10O6S2. The number of amides is 6. The van der Waals surface area contributed by atoms with Crippen LogP contribution in [-0.4, -0.2) is 193 Å². The predicted molar refractivity (Wildman–Crippen MR) is 229 cm³/mol. The van der Waals surface area contributed by atoms with Gasteiger partial charge < -0.3 is 41.7 Å². The van der Waals surface area contributed by atoms with Crippen molar-refractivity contribution in [3.8, 4) is 0 Å². The highest BCUT2D eigenvalue weighted by Gasteiger charge is 2.39. The molecule has 0 aliphatic carbocycles. The van der Waals surface area contributed by atoms with Gasteiger partial charge in [-0.25, -0.2) is 0 Å². The summed E-state index contributed by atoms with van der Waals surface area (Å²) in [4.78, 5) is 90.8. The van der Waals surface area contributed by atoms with E-state index in [4.69, 9.17) is 11.5 Å². The van der Waals surface area contributed by atoms with E-state index in [2.05, 4.69) is 55.5 Å². The Labute approximate surface area is 351 Å². The molecule has 2 atom stereocenters. The molecule has 6 N–H and O–H groups in total. The summed E-state index contributed by atoms with van der Waals surface area (Å²) in [7, 11) is 0. The maximum atomic E-state index is 13.8. The Hall–Kier alpha value is -3.62. The van der Waals surface area contributed by atoms with Gasteiger partial charge in [0.1, 0.15) is 0 Å². The summed E-state index contributed by atoms with van der Waals surface area (Å²) >= 11 is 8.12. The van der Waals surface area contributed by atoms with Gasteiger partial charge in [-0.15, -0.1) is 0 Å². The van der Waals surface area contributed by atoms with Crippen LogP contribution in [-0.2, 0) is 9.59 Å². The van der Waals surface area contributed by atoms with Crippen molar-refractivity contribution in [1.82, 2.24) is 40.0 Å². The molecule has 6 amide bonds. The molecule has 2 aromatic carbocycles. The van der Waals surface area contributed by atoms with E-state index in [9.17, 15) is 28.8 Å². The number of piperazine rings is 2. The molecule has 58 heavy (non-hydrogen) atoms. The van der Waals surface area contributed by atoms with Crippen molar-refractivity contribution in [3.63, 3.8) is 0 Å². The molecule has 4 aliphatic heterocycles. The summed E-state index contributed by atoms with van der Waals surface area (Å²) in [6.45, 7) is 12.0. The summed E-state index contributed by atoms with van der Waals surface area (Å²) < 4.78 is 0. The quantitative estimate of drug-likeness (QED) is 0.0573. The Bertz CT molecular complexity index is 1650. The number of benzene rings is 2. The molecule has 2 aromatic rings. The van der Waals surface area contributed by atoms with Crippen LogP contribution >= 0.6 is 25.3 Å². The number of imide groups is 2. The highest BCUT2D eigenvalue weighted by molar-refractivity contribution is 7.80. The third kappa shape index (κ3) is 10.2. The van der Waals surface area contributed by atoms with Crippen LogP contribution in [0.5, 0.6) is 0 Å². The number of nitrogens with one attached hydrogen (secondary N) is 2. The smallest absolute Gasteiger partial charge is 0.261 e. The summed E-state index contributed by atoms with van der Waals surface area (Å²) in [6, 6.07) is 5.33. The third-order valence-corrected chi connectivity index (χ3v) is 12.5. The van der Waals surface area contributed by atoms with E-state index in [-0.39, 0.29) is 24.9 Å². The van der Waals surface area contributed by atoms with Gasteiger partial charge in [-0.3, -0.25) is 38.6 Å². The molecule has 4 aliphatic rings. The zero-order valence-corrected chi connectivity index (χ0v) is 35.0. The van der Waals surface area contributed by atoms with Gasteiger partial charge in [0.15, 0.2) is 0 Å². The summed E-state index contributed by atoms with van der Waals surface area (Å²) in [5, 5.41) is 6.49. The lowest BCUT2D eigenvalue weighted by Crippen LogP contribution is -2.48. The van der Waals surface area contributed by atoms with E-state index in [1.807, 2.05) is 0 Å². The number of rotatable bonds is 20. The van der Waals surface area contributed by atoms with Gasteiger partial charge in [0.05, 0.1) is 12.1 Å². The molecule has 0 bridgehead atoms. The van der Waals surface area contributed by atoms with Gasteiger partial charge in [-0.1, -0.05) is 0 Å². The van der Waals surface area contributed by atoms with Crippen LogP contribution in [0.3, 0.4) is 0 Å². The monoisotopic (exact) mass is 838 g/mol. The normalized spacial score (nSPS) is 19.2. The topological polar surface area (TPSA) is 198 Å². The number of nitrogens with two attached hydrogens (primary N) is 2. The molecule has 4 heterocycles. The molecular weight excluding hydrogens is 781 g/mol. The van der Waals surface area contributed by atoms with Crippen molar-refractivity contribution in [2.45, 2.75) is 37.8 Å². The van der Waals surface area contributed by atoms with E-state index in [0.29, 0.717) is 70.5 Å². The second kappa shape index (κ2) is 20.6. The average Bonchev–Trinajstić information content (AvgIpc) is 3.24. The minimum Gasteiger partial charge on any atom is -0.355 e. The van der Waals surface area contributed by atoms with Crippen molar-refractivity contribution in [2.75, 3.05) is 116 Å². The standard InChI is InChI=1S/C40H58N10O6S2/c41-31(25-57)35(51)43-9-1-11-45-17-21-47(22-18-45)13-3-15-49-37(53)27-5-7-29-34-30(8-6-28(33(27)34)38(49)54)40(56)50(39(29)55)16-4-14-48-23-19-46(20-24-48)12-2-10-44-36(52)32(42)26-58/h5-8,31-32,57-58H,1-4,9-26,41-42H2,(H,43,51)(H,44,52)/t31-,32-/m0/s1. The van der Waals surface area contributed by atoms with Crippen LogP contribution in [0, 0.1) is 0 Å². The number of hydrogen-bond acceptors (Lipinski definition) is 14. The number of nitrogens with zero attached hydrogens (tertiary/aromatic N) is 6. The summed E-state index contributed by atoms with van der Waals surface area (Å²) in [6.07, 6.45) is 2.92. The maximum Gasteiger partial charge on any atom is 0.261 e. The first-order chi connectivity index (χ1) is 28.0. The first kappa shape index (κ1) is 43.9. The van der Waals surface area contributed by atoms with E-state index >= 15 is 0 Å². The van der Waals surface area contributed by atoms with Crippen LogP contribution in [0.2, 0.25) is 0 Å². The van der Waals surface area contributed by atoms with E-state index in [1.54, 1.807) is 24.3 Å². The van der Waals surface area contributed by atoms with Crippen LogP contribution in [0.1, 0.15) is 67.1 Å². The minimum atomic E-state index is -0.592. The molecule has 6 rings (SSSR count). The fraction of sp³-hybridized carbons (Fsp3) is 0.600. The molecule has 2 fully saturated rings. The van der Waals surface area contributed by atoms with Crippen LogP contribution in [0.4, 0.5) is 0 Å². The fourth-order valence-electron chi connectivity index (χ4n) is 8.22. The molecule has 0 spiro atoms. The maximum absolute atomic E-state index is 13.8. The molecule has 18 heteroatoms. The lowest BCUT2D eigenvalue weighted by molar-refractivity contribution is -0.122. The van der Waals surface area contributed by atoms with Crippen molar-refractivity contribution < 1.29 is 28.8 Å². The van der Waals surface area contributed by atoms with E-state index < -0.39 is 35.7 Å². The van der Waals surface area contributed by atoms with Gasteiger partial charge in [-0.2, -0.15) is 25.3 Å². The number of hydrogen-bond donors (Lipinski definition) is 6. The molecule has 0 unspecified atom stereocenters. The molecule has 0 aromatic heterocycles. The predicted octanol–water partition coefficient (Wildman–Crippen LogP) is -0.426. The average molecular weight is 839 g/mol. The van der Waals surface area contributed by atoms with Gasteiger partial charge in [0.2, 0.25) is 11.8 Å². The fourth-order valence-corrected chi connectivity index (χ4v) is 8.55. The SMILES string of the molecule is N[C@@H](CS)C(=O)NCCCN1CCN(CCCN2C(=O)c3ccc4c5c(ccc(c35)C2=O)C(=O)N(CCCN2CCN(CCCNC(=O)[C@@H](N)CS)CC2)C4=O)CC1. The largest absolute Gasteiger partial charge is 0.355 e. The first-order valence-corrected chi connectivity index (χ1v) is 21.8. The lowest BCUT2D eigenvalue weighted by Gasteiger charge is -2.36. The van der Waals surface area contributed by atoms with E-state index in [1.165, 1.54) is 9.80 Å². The number of thiol groups is 2. The third-order valence-electron chi connectivity index (χ3n) is 11.7. The Balaban J connectivity index is 0.950. The Morgan fingerprint density at radius 1 is 0.500 bits per heavy atom. The van der Waals surface area contributed by atoms with Crippen LogP contribution < -0.4 is 22.1 Å². The highest BCUT2D eigenvalue weighted by atomic mass is 32.1. The van der Waals surface area contributed by atoms with Crippen molar-refractivity contribution in [1.29, 1.82) is 0 Å². The zero-order chi connectivity index (χ0) is 41.3. The number of carbonyl (C=O) groups excluding carboxylic acids is 6. The van der Waals surface area contributed by atoms with Crippen molar-refractivity contribution >= 4 is 71.5 Å². The molecule has 0 radical (unpaired) electrons. The molecule has 2 saturated heterocycles. The number of carbonyl (C=O) groups is 6.